The van der Waals surface area contributed by atoms with E-state index >= 15 is 0 Å². The molecule has 0 amide bonds. The van der Waals surface area contributed by atoms with Gasteiger partial charge in [-0.2, -0.15) is 0 Å². The maximum atomic E-state index is 6.06. The molecule has 0 fully saturated rings. The van der Waals surface area contributed by atoms with Gasteiger partial charge in [-0.25, -0.2) is 9.97 Å². The first-order valence-corrected chi connectivity index (χ1v) is 7.20. The fourth-order valence-corrected chi connectivity index (χ4v) is 2.03. The number of aromatic nitrogens is 2. The second kappa shape index (κ2) is 5.72. The summed E-state index contributed by atoms with van der Waals surface area (Å²) in [6, 6.07) is 7.92. The number of nitrogen functional groups attached to an aromatic ring is 1. The predicted molar refractivity (Wildman–Crippen MR) is 86.5 cm³/mol. The van der Waals surface area contributed by atoms with Crippen molar-refractivity contribution in [3.8, 4) is 17.0 Å². The number of rotatable bonds is 3. The third-order valence-corrected chi connectivity index (χ3v) is 3.29. The zero-order chi connectivity index (χ0) is 15.6. The minimum Gasteiger partial charge on any atom is -0.494 e. The molecule has 2 N–H and O–H groups in total. The number of anilines is 1. The highest BCUT2D eigenvalue weighted by atomic mass is 16.5. The van der Waals surface area contributed by atoms with Gasteiger partial charge in [-0.3, -0.25) is 0 Å². The lowest BCUT2D eigenvalue weighted by Gasteiger charge is -2.19. The Morgan fingerprint density at radius 1 is 1.10 bits per heavy atom. The second-order valence-electron chi connectivity index (χ2n) is 6.11. The number of hydrogen-bond acceptors (Lipinski definition) is 4. The van der Waals surface area contributed by atoms with Crippen molar-refractivity contribution in [2.45, 2.75) is 40.0 Å². The molecule has 0 aliphatic carbocycles. The fraction of sp³-hybridized carbons (Fsp3) is 0.412. The van der Waals surface area contributed by atoms with Crippen molar-refractivity contribution in [1.82, 2.24) is 9.97 Å². The molecule has 4 heteroatoms. The van der Waals surface area contributed by atoms with Crippen molar-refractivity contribution in [2.24, 2.45) is 0 Å². The summed E-state index contributed by atoms with van der Waals surface area (Å²) < 4.78 is 5.47. The van der Waals surface area contributed by atoms with Crippen LogP contribution in [0.1, 0.15) is 39.1 Å². The predicted octanol–water partition coefficient (Wildman–Crippen LogP) is 3.73. The van der Waals surface area contributed by atoms with E-state index in [1.807, 2.05) is 38.1 Å². The summed E-state index contributed by atoms with van der Waals surface area (Å²) in [5.74, 6) is 2.16. The number of nitrogens with zero attached hydrogens (tertiary/aromatic N) is 2. The quantitative estimate of drug-likeness (QED) is 0.933. The first kappa shape index (κ1) is 15.3. The first-order chi connectivity index (χ1) is 9.82. The van der Waals surface area contributed by atoms with Gasteiger partial charge < -0.3 is 10.5 Å². The smallest absolute Gasteiger partial charge is 0.136 e. The molecule has 0 atom stereocenters. The fourth-order valence-electron chi connectivity index (χ4n) is 2.03. The highest BCUT2D eigenvalue weighted by Crippen LogP contribution is 2.29. The van der Waals surface area contributed by atoms with Crippen molar-refractivity contribution < 1.29 is 4.74 Å². The number of hydrogen-bond donors (Lipinski definition) is 1. The average Bonchev–Trinajstić information content (AvgIpc) is 2.42. The summed E-state index contributed by atoms with van der Waals surface area (Å²) in [7, 11) is 0. The Morgan fingerprint density at radius 3 is 2.24 bits per heavy atom. The summed E-state index contributed by atoms with van der Waals surface area (Å²) in [5, 5.41) is 0. The topological polar surface area (TPSA) is 61.0 Å². The molecule has 2 aromatic rings. The number of benzene rings is 1. The van der Waals surface area contributed by atoms with Crippen LogP contribution in [-0.2, 0) is 5.41 Å². The van der Waals surface area contributed by atoms with Crippen molar-refractivity contribution in [2.75, 3.05) is 12.3 Å². The third kappa shape index (κ3) is 3.32. The van der Waals surface area contributed by atoms with Crippen LogP contribution in [0.25, 0.3) is 11.3 Å². The first-order valence-electron chi connectivity index (χ1n) is 7.20. The van der Waals surface area contributed by atoms with Gasteiger partial charge in [-0.1, -0.05) is 20.8 Å². The molecule has 0 saturated heterocycles. The van der Waals surface area contributed by atoms with E-state index in [1.54, 1.807) is 0 Å². The zero-order valence-corrected chi connectivity index (χ0v) is 13.4. The molecule has 112 valence electrons. The van der Waals surface area contributed by atoms with Gasteiger partial charge in [0.2, 0.25) is 0 Å². The van der Waals surface area contributed by atoms with Crippen molar-refractivity contribution >= 4 is 5.82 Å². The average molecular weight is 285 g/mol. The van der Waals surface area contributed by atoms with E-state index in [0.717, 1.165) is 28.4 Å². The SMILES string of the molecule is CCOc1ccc(-c2nc(C(C)(C)C)nc(N)c2C)cc1. The second-order valence-corrected chi connectivity index (χ2v) is 6.11. The molecular formula is C17H23N3O. The maximum Gasteiger partial charge on any atom is 0.136 e. The number of ether oxygens (including phenoxy) is 1. The molecule has 0 radical (unpaired) electrons. The van der Waals surface area contributed by atoms with Crippen LogP contribution in [0.3, 0.4) is 0 Å². The van der Waals surface area contributed by atoms with Crippen LogP contribution >= 0.6 is 0 Å². The Hall–Kier alpha value is -2.10. The van der Waals surface area contributed by atoms with Crippen molar-refractivity contribution in [3.05, 3.63) is 35.7 Å². The van der Waals surface area contributed by atoms with Gasteiger partial charge >= 0.3 is 0 Å². The number of nitrogens with two attached hydrogens (primary N) is 1. The molecule has 0 aliphatic heterocycles. The molecule has 0 unspecified atom stereocenters. The standard InChI is InChI=1S/C17H23N3O/c1-6-21-13-9-7-12(8-10-13)14-11(2)15(18)20-16(19-14)17(3,4)5/h7-10H,6H2,1-5H3,(H2,18,19,20). The summed E-state index contributed by atoms with van der Waals surface area (Å²) in [5.41, 5.74) is 8.74. The molecule has 2 rings (SSSR count). The molecule has 0 aliphatic rings. The van der Waals surface area contributed by atoms with Crippen molar-refractivity contribution in [3.63, 3.8) is 0 Å². The molecule has 21 heavy (non-hydrogen) atoms. The highest BCUT2D eigenvalue weighted by Gasteiger charge is 2.20. The summed E-state index contributed by atoms with van der Waals surface area (Å²) in [4.78, 5) is 9.14. The van der Waals surface area contributed by atoms with Gasteiger partial charge in [0.1, 0.15) is 17.4 Å². The lowest BCUT2D eigenvalue weighted by Crippen LogP contribution is -2.18. The van der Waals surface area contributed by atoms with Crippen LogP contribution in [0.15, 0.2) is 24.3 Å². The van der Waals surface area contributed by atoms with Crippen LogP contribution in [-0.4, -0.2) is 16.6 Å². The zero-order valence-electron chi connectivity index (χ0n) is 13.4. The van der Waals surface area contributed by atoms with Gasteiger partial charge in [0, 0.05) is 16.5 Å². The van der Waals surface area contributed by atoms with Gasteiger partial charge in [-0.05, 0) is 38.1 Å². The normalized spacial score (nSPS) is 11.5. The Bertz CT molecular complexity index is 628. The minimum atomic E-state index is -0.137. The van der Waals surface area contributed by atoms with E-state index in [9.17, 15) is 0 Å². The van der Waals surface area contributed by atoms with E-state index in [4.69, 9.17) is 15.5 Å². The van der Waals surface area contributed by atoms with E-state index in [0.29, 0.717) is 12.4 Å². The van der Waals surface area contributed by atoms with Gasteiger partial charge in [-0.15, -0.1) is 0 Å². The summed E-state index contributed by atoms with van der Waals surface area (Å²) in [6.45, 7) is 10.8. The van der Waals surface area contributed by atoms with E-state index < -0.39 is 0 Å². The van der Waals surface area contributed by atoms with E-state index in [1.165, 1.54) is 0 Å². The molecule has 1 heterocycles. The maximum absolute atomic E-state index is 6.06. The Balaban J connectivity index is 2.49. The van der Waals surface area contributed by atoms with Crippen LogP contribution in [0.2, 0.25) is 0 Å². The Labute approximate surface area is 126 Å². The molecular weight excluding hydrogens is 262 g/mol. The largest absolute Gasteiger partial charge is 0.494 e. The lowest BCUT2D eigenvalue weighted by molar-refractivity contribution is 0.340. The van der Waals surface area contributed by atoms with E-state index in [2.05, 4.69) is 25.8 Å². The van der Waals surface area contributed by atoms with E-state index in [-0.39, 0.29) is 5.41 Å². The van der Waals surface area contributed by atoms with Gasteiger partial charge in [0.05, 0.1) is 12.3 Å². The van der Waals surface area contributed by atoms with Crippen LogP contribution in [0.5, 0.6) is 5.75 Å². The van der Waals surface area contributed by atoms with Crippen molar-refractivity contribution in [1.29, 1.82) is 0 Å². The highest BCUT2D eigenvalue weighted by molar-refractivity contribution is 5.68. The molecule has 1 aromatic heterocycles. The third-order valence-electron chi connectivity index (χ3n) is 3.29. The molecule has 0 bridgehead atoms. The van der Waals surface area contributed by atoms with Gasteiger partial charge in [0.15, 0.2) is 0 Å². The molecule has 0 spiro atoms. The minimum absolute atomic E-state index is 0.137. The molecule has 0 saturated carbocycles. The van der Waals surface area contributed by atoms with Gasteiger partial charge in [0.25, 0.3) is 0 Å². The summed E-state index contributed by atoms with van der Waals surface area (Å²) in [6.07, 6.45) is 0. The van der Waals surface area contributed by atoms with Crippen LogP contribution in [0.4, 0.5) is 5.82 Å². The Morgan fingerprint density at radius 2 is 1.71 bits per heavy atom. The lowest BCUT2D eigenvalue weighted by atomic mass is 9.95. The Kier molecular flexibility index (Phi) is 4.16. The molecule has 1 aromatic carbocycles. The molecule has 4 nitrogen and oxygen atoms in total. The monoisotopic (exact) mass is 285 g/mol. The van der Waals surface area contributed by atoms with Crippen LogP contribution < -0.4 is 10.5 Å². The van der Waals surface area contributed by atoms with Crippen LogP contribution in [0, 0.1) is 6.92 Å². The summed E-state index contributed by atoms with van der Waals surface area (Å²) >= 11 is 0.